The molecule has 138 valence electrons. The molecule has 0 radical (unpaired) electrons. The van der Waals surface area contributed by atoms with E-state index in [1.54, 1.807) is 30.5 Å². The van der Waals surface area contributed by atoms with Gasteiger partial charge in [-0.25, -0.2) is 4.39 Å². The second-order valence-electron chi connectivity index (χ2n) is 6.20. The molecule has 0 spiro atoms. The normalized spacial score (nSPS) is 10.4. The van der Waals surface area contributed by atoms with Crippen LogP contribution in [0.4, 0.5) is 15.8 Å². The molecule has 4 nitrogen and oxygen atoms in total. The summed E-state index contributed by atoms with van der Waals surface area (Å²) in [6.45, 7) is 2.46. The molecule has 0 aliphatic carbocycles. The van der Waals surface area contributed by atoms with Gasteiger partial charge < -0.3 is 10.6 Å². The summed E-state index contributed by atoms with van der Waals surface area (Å²) in [6, 6.07) is 18.2. The number of aromatic nitrogens is 1. The Labute approximate surface area is 158 Å². The van der Waals surface area contributed by atoms with Gasteiger partial charge in [-0.2, -0.15) is 0 Å². The number of hydrogen-bond donors (Lipinski definition) is 2. The number of rotatable bonds is 7. The van der Waals surface area contributed by atoms with Gasteiger partial charge in [0.1, 0.15) is 11.5 Å². The number of carbonyl (C=O) groups excluding carboxylic acids is 1. The highest BCUT2D eigenvalue weighted by atomic mass is 19.1. The van der Waals surface area contributed by atoms with E-state index in [-0.39, 0.29) is 11.7 Å². The van der Waals surface area contributed by atoms with Gasteiger partial charge in [-0.05, 0) is 54.3 Å². The molecule has 5 heteroatoms. The molecule has 0 fully saturated rings. The van der Waals surface area contributed by atoms with E-state index in [1.807, 2.05) is 18.2 Å². The molecule has 27 heavy (non-hydrogen) atoms. The van der Waals surface area contributed by atoms with Crippen molar-refractivity contribution in [1.29, 1.82) is 0 Å². The van der Waals surface area contributed by atoms with Gasteiger partial charge in [0.25, 0.3) is 5.91 Å². The van der Waals surface area contributed by atoms with Crippen LogP contribution in [0, 0.1) is 5.82 Å². The number of halogens is 1. The second kappa shape index (κ2) is 8.94. The summed E-state index contributed by atoms with van der Waals surface area (Å²) in [5.74, 6) is -0.540. The minimum atomic E-state index is -0.281. The highest BCUT2D eigenvalue weighted by Crippen LogP contribution is 2.17. The zero-order chi connectivity index (χ0) is 19.1. The summed E-state index contributed by atoms with van der Waals surface area (Å²) in [6.07, 6.45) is 3.02. The zero-order valence-corrected chi connectivity index (χ0v) is 15.2. The second-order valence-corrected chi connectivity index (χ2v) is 6.20. The summed E-state index contributed by atoms with van der Waals surface area (Å²) >= 11 is 0. The molecule has 0 atom stereocenters. The summed E-state index contributed by atoms with van der Waals surface area (Å²) in [5.41, 5.74) is 3.90. The Morgan fingerprint density at radius 1 is 1.04 bits per heavy atom. The molecule has 1 heterocycles. The van der Waals surface area contributed by atoms with Gasteiger partial charge in [0.15, 0.2) is 0 Å². The van der Waals surface area contributed by atoms with Crippen molar-refractivity contribution in [1.82, 2.24) is 10.3 Å². The lowest BCUT2D eigenvalue weighted by molar-refractivity contribution is 0.0949. The Bertz CT molecular complexity index is 909. The van der Waals surface area contributed by atoms with Gasteiger partial charge in [-0.1, -0.05) is 37.3 Å². The fourth-order valence-corrected chi connectivity index (χ4v) is 2.73. The van der Waals surface area contributed by atoms with Crippen LogP contribution in [0.2, 0.25) is 0 Å². The van der Waals surface area contributed by atoms with Crippen LogP contribution < -0.4 is 10.6 Å². The smallest absolute Gasteiger partial charge is 0.269 e. The first-order valence-electron chi connectivity index (χ1n) is 8.99. The molecular formula is C22H22FN3O. The Morgan fingerprint density at radius 3 is 2.56 bits per heavy atom. The van der Waals surface area contributed by atoms with Crippen LogP contribution in [0.15, 0.2) is 66.9 Å². The fourth-order valence-electron chi connectivity index (χ4n) is 2.73. The van der Waals surface area contributed by atoms with E-state index >= 15 is 0 Å². The zero-order valence-electron chi connectivity index (χ0n) is 15.2. The summed E-state index contributed by atoms with van der Waals surface area (Å²) in [5, 5.41) is 6.06. The molecule has 0 unspecified atom stereocenters. The molecule has 0 aliphatic rings. The van der Waals surface area contributed by atoms with E-state index in [9.17, 15) is 9.18 Å². The third-order valence-electron chi connectivity index (χ3n) is 4.28. The van der Waals surface area contributed by atoms with E-state index < -0.39 is 0 Å². The van der Waals surface area contributed by atoms with Crippen molar-refractivity contribution in [2.75, 3.05) is 11.9 Å². The first kappa shape index (κ1) is 18.6. The molecule has 2 N–H and O–H groups in total. The van der Waals surface area contributed by atoms with Crippen LogP contribution in [-0.4, -0.2) is 17.4 Å². The van der Waals surface area contributed by atoms with Gasteiger partial charge in [-0.15, -0.1) is 0 Å². The summed E-state index contributed by atoms with van der Waals surface area (Å²) < 4.78 is 13.6. The van der Waals surface area contributed by atoms with Gasteiger partial charge >= 0.3 is 0 Å². The average Bonchev–Trinajstić information content (AvgIpc) is 2.70. The first-order chi connectivity index (χ1) is 13.2. The number of nitrogens with zero attached hydrogens (tertiary/aromatic N) is 1. The topological polar surface area (TPSA) is 54.0 Å². The van der Waals surface area contributed by atoms with Gasteiger partial charge in [-0.3, -0.25) is 9.78 Å². The molecule has 0 saturated carbocycles. The molecule has 3 aromatic rings. The largest absolute Gasteiger partial charge is 0.355 e. The van der Waals surface area contributed by atoms with Crippen molar-refractivity contribution in [2.24, 2.45) is 0 Å². The minimum absolute atomic E-state index is 0.259. The van der Waals surface area contributed by atoms with E-state index in [0.717, 1.165) is 17.8 Å². The number of aryl methyl sites for hydroxylation is 1. The average molecular weight is 363 g/mol. The number of hydrogen-bond acceptors (Lipinski definition) is 3. The monoisotopic (exact) mass is 363 g/mol. The Balaban J connectivity index is 1.58. The van der Waals surface area contributed by atoms with Crippen LogP contribution >= 0.6 is 0 Å². The van der Waals surface area contributed by atoms with Crippen LogP contribution in [0.1, 0.15) is 28.5 Å². The predicted molar refractivity (Wildman–Crippen MR) is 106 cm³/mol. The van der Waals surface area contributed by atoms with Crippen molar-refractivity contribution in [2.45, 2.75) is 19.8 Å². The van der Waals surface area contributed by atoms with E-state index in [1.165, 1.54) is 11.6 Å². The maximum atomic E-state index is 13.6. The SMILES string of the molecule is CCc1ccc(Nc2ccnc(C(=O)NCCc3ccccc3F)c2)cc1. The van der Waals surface area contributed by atoms with Crippen molar-refractivity contribution in [3.8, 4) is 0 Å². The minimum Gasteiger partial charge on any atom is -0.355 e. The van der Waals surface area contributed by atoms with E-state index in [4.69, 9.17) is 0 Å². The maximum Gasteiger partial charge on any atom is 0.269 e. The lowest BCUT2D eigenvalue weighted by Gasteiger charge is -2.09. The number of amides is 1. The third-order valence-corrected chi connectivity index (χ3v) is 4.28. The molecule has 0 bridgehead atoms. The Morgan fingerprint density at radius 2 is 1.81 bits per heavy atom. The maximum absolute atomic E-state index is 13.6. The lowest BCUT2D eigenvalue weighted by Crippen LogP contribution is -2.26. The Hall–Kier alpha value is -3.21. The van der Waals surface area contributed by atoms with Crippen LogP contribution in [0.5, 0.6) is 0 Å². The van der Waals surface area contributed by atoms with E-state index in [0.29, 0.717) is 24.2 Å². The molecule has 1 amide bonds. The van der Waals surface area contributed by atoms with Crippen LogP contribution in [0.3, 0.4) is 0 Å². The summed E-state index contributed by atoms with van der Waals surface area (Å²) in [4.78, 5) is 16.4. The van der Waals surface area contributed by atoms with Gasteiger partial charge in [0, 0.05) is 24.1 Å². The molecule has 1 aromatic heterocycles. The predicted octanol–water partition coefficient (Wildman–Crippen LogP) is 4.50. The highest BCUT2D eigenvalue weighted by Gasteiger charge is 2.08. The van der Waals surface area contributed by atoms with Gasteiger partial charge in [0.2, 0.25) is 0 Å². The standard InChI is InChI=1S/C22H22FN3O/c1-2-16-7-9-18(10-8-16)26-19-12-14-24-21(15-19)22(27)25-13-11-17-5-3-4-6-20(17)23/h3-10,12,14-15H,2,11,13H2,1H3,(H,24,26)(H,25,27). The third kappa shape index (κ3) is 5.14. The van der Waals surface area contributed by atoms with Crippen molar-refractivity contribution < 1.29 is 9.18 Å². The number of pyridine rings is 1. The Kier molecular flexibility index (Phi) is 6.15. The summed E-state index contributed by atoms with van der Waals surface area (Å²) in [7, 11) is 0. The highest BCUT2D eigenvalue weighted by molar-refractivity contribution is 5.93. The molecule has 3 rings (SSSR count). The first-order valence-corrected chi connectivity index (χ1v) is 8.99. The molecular weight excluding hydrogens is 341 g/mol. The lowest BCUT2D eigenvalue weighted by atomic mass is 10.1. The molecule has 0 saturated heterocycles. The quantitative estimate of drug-likeness (QED) is 0.650. The molecule has 2 aromatic carbocycles. The van der Waals surface area contributed by atoms with Gasteiger partial charge in [0.05, 0.1) is 0 Å². The number of anilines is 2. The number of benzene rings is 2. The fraction of sp³-hybridized carbons (Fsp3) is 0.182. The van der Waals surface area contributed by atoms with Crippen LogP contribution in [0.25, 0.3) is 0 Å². The van der Waals surface area contributed by atoms with E-state index in [2.05, 4.69) is 34.7 Å². The number of carbonyl (C=O) groups is 1. The van der Waals surface area contributed by atoms with Crippen molar-refractivity contribution in [3.63, 3.8) is 0 Å². The van der Waals surface area contributed by atoms with Crippen molar-refractivity contribution in [3.05, 3.63) is 89.5 Å². The van der Waals surface area contributed by atoms with Crippen molar-refractivity contribution >= 4 is 17.3 Å². The van der Waals surface area contributed by atoms with Crippen LogP contribution in [-0.2, 0) is 12.8 Å². The number of nitrogens with one attached hydrogen (secondary N) is 2. The molecule has 0 aliphatic heterocycles.